The average Bonchev–Trinajstić information content (AvgIpc) is 2.96. The van der Waals surface area contributed by atoms with E-state index >= 15 is 0 Å². The van der Waals surface area contributed by atoms with Crippen LogP contribution in [-0.4, -0.2) is 15.1 Å². The summed E-state index contributed by atoms with van der Waals surface area (Å²) in [5, 5.41) is 10.6. The number of unbranched alkanes of at least 4 members (excludes halogenated alkanes) is 1. The first-order valence-corrected chi connectivity index (χ1v) is 8.83. The van der Waals surface area contributed by atoms with Crippen LogP contribution in [0.5, 0.6) is 5.75 Å². The summed E-state index contributed by atoms with van der Waals surface area (Å²) in [5.74, 6) is 0.0792. The molecule has 0 saturated carbocycles. The Morgan fingerprint density at radius 1 is 1.12 bits per heavy atom. The number of aryl methyl sites for hydroxylation is 1. The highest BCUT2D eigenvalue weighted by molar-refractivity contribution is 7.18. The zero-order valence-electron chi connectivity index (χ0n) is 13.6. The van der Waals surface area contributed by atoms with E-state index < -0.39 is 11.7 Å². The molecule has 0 saturated heterocycles. The summed E-state index contributed by atoms with van der Waals surface area (Å²) in [6.07, 6.45) is -1.19. The molecule has 2 aromatic heterocycles. The predicted octanol–water partition coefficient (Wildman–Crippen LogP) is 5.35. The Bertz CT molecular complexity index is 890. The Balaban J connectivity index is 1.88. The minimum absolute atomic E-state index is 0.0792. The number of rotatable bonds is 5. The lowest BCUT2D eigenvalue weighted by atomic mass is 10.1. The molecule has 0 bridgehead atoms. The molecule has 0 aliphatic heterocycles. The third kappa shape index (κ3) is 4.10. The highest BCUT2D eigenvalue weighted by atomic mass is 32.1. The van der Waals surface area contributed by atoms with E-state index in [-0.39, 0.29) is 5.75 Å². The number of aromatic hydroxyl groups is 1. The first kappa shape index (κ1) is 17.7. The Kier molecular flexibility index (Phi) is 4.94. The van der Waals surface area contributed by atoms with Gasteiger partial charge in [0.1, 0.15) is 5.75 Å². The van der Waals surface area contributed by atoms with Crippen LogP contribution in [0.2, 0.25) is 0 Å². The zero-order chi connectivity index (χ0) is 18.0. The van der Waals surface area contributed by atoms with Crippen LogP contribution < -0.4 is 0 Å². The lowest BCUT2D eigenvalue weighted by Gasteiger charge is -2.05. The van der Waals surface area contributed by atoms with Crippen molar-refractivity contribution in [3.8, 4) is 5.75 Å². The number of fused-ring (bicyclic) bond motifs is 1. The van der Waals surface area contributed by atoms with Gasteiger partial charge in [0.05, 0.1) is 26.5 Å². The molecular formula is C18H17F3N2OS. The van der Waals surface area contributed by atoms with E-state index in [0.717, 1.165) is 37.1 Å². The standard InChI is InChI=1S/C18H17F3N2OS/c1-2-3-4-12-6-7-15(24)13(22-12)10-17-23-14-9-11(18(19,20)21)5-8-16(14)25-17/h5-9,24H,2-4,10H2,1H3. The van der Waals surface area contributed by atoms with Crippen LogP contribution in [-0.2, 0) is 19.0 Å². The van der Waals surface area contributed by atoms with Gasteiger partial charge in [-0.1, -0.05) is 13.3 Å². The molecule has 0 radical (unpaired) electrons. The summed E-state index contributed by atoms with van der Waals surface area (Å²) in [4.78, 5) is 8.75. The van der Waals surface area contributed by atoms with Crippen molar-refractivity contribution >= 4 is 21.6 Å². The van der Waals surface area contributed by atoms with Gasteiger partial charge in [0.2, 0.25) is 0 Å². The monoisotopic (exact) mass is 366 g/mol. The molecule has 0 aliphatic carbocycles. The first-order valence-electron chi connectivity index (χ1n) is 8.01. The second-order valence-electron chi connectivity index (χ2n) is 5.84. The molecule has 25 heavy (non-hydrogen) atoms. The van der Waals surface area contributed by atoms with Crippen molar-refractivity contribution in [2.24, 2.45) is 0 Å². The van der Waals surface area contributed by atoms with Crippen LogP contribution in [0, 0.1) is 0 Å². The Morgan fingerprint density at radius 3 is 2.64 bits per heavy atom. The van der Waals surface area contributed by atoms with Gasteiger partial charge in [-0.3, -0.25) is 4.98 Å². The summed E-state index contributed by atoms with van der Waals surface area (Å²) >= 11 is 1.31. The maximum Gasteiger partial charge on any atom is 0.416 e. The average molecular weight is 366 g/mol. The number of aromatic nitrogens is 2. The van der Waals surface area contributed by atoms with Gasteiger partial charge in [0.15, 0.2) is 0 Å². The second-order valence-corrected chi connectivity index (χ2v) is 6.95. The summed E-state index contributed by atoms with van der Waals surface area (Å²) < 4.78 is 39.1. The maximum absolute atomic E-state index is 12.8. The van der Waals surface area contributed by atoms with Crippen molar-refractivity contribution in [3.63, 3.8) is 0 Å². The van der Waals surface area contributed by atoms with Crippen molar-refractivity contribution in [3.05, 3.63) is 52.3 Å². The van der Waals surface area contributed by atoms with Crippen LogP contribution in [0.1, 0.15) is 41.7 Å². The van der Waals surface area contributed by atoms with Gasteiger partial charge in [0.25, 0.3) is 0 Å². The van der Waals surface area contributed by atoms with E-state index in [1.165, 1.54) is 17.4 Å². The van der Waals surface area contributed by atoms with Crippen LogP contribution in [0.3, 0.4) is 0 Å². The summed E-state index contributed by atoms with van der Waals surface area (Å²) in [5.41, 5.74) is 1.01. The minimum atomic E-state index is -4.38. The molecule has 0 atom stereocenters. The van der Waals surface area contributed by atoms with Crippen LogP contribution in [0.25, 0.3) is 10.2 Å². The number of alkyl halides is 3. The normalized spacial score (nSPS) is 12.0. The number of halogens is 3. The molecule has 3 nitrogen and oxygen atoms in total. The number of pyridine rings is 1. The van der Waals surface area contributed by atoms with E-state index in [1.54, 1.807) is 12.1 Å². The van der Waals surface area contributed by atoms with Gasteiger partial charge in [0, 0.05) is 12.1 Å². The third-order valence-electron chi connectivity index (χ3n) is 3.87. The lowest BCUT2D eigenvalue weighted by molar-refractivity contribution is -0.137. The smallest absolute Gasteiger partial charge is 0.416 e. The molecule has 132 valence electrons. The fourth-order valence-electron chi connectivity index (χ4n) is 2.54. The van der Waals surface area contributed by atoms with Gasteiger partial charge < -0.3 is 5.11 Å². The van der Waals surface area contributed by atoms with Crippen LogP contribution >= 0.6 is 11.3 Å². The number of benzene rings is 1. The second kappa shape index (κ2) is 7.00. The fourth-order valence-corrected chi connectivity index (χ4v) is 3.49. The number of thiazole rings is 1. The van der Waals surface area contributed by atoms with Crippen molar-refractivity contribution < 1.29 is 18.3 Å². The number of hydrogen-bond donors (Lipinski definition) is 1. The van der Waals surface area contributed by atoms with E-state index in [1.807, 2.05) is 0 Å². The van der Waals surface area contributed by atoms with Crippen LogP contribution in [0.15, 0.2) is 30.3 Å². The number of hydrogen-bond acceptors (Lipinski definition) is 4. The lowest BCUT2D eigenvalue weighted by Crippen LogP contribution is -2.04. The van der Waals surface area contributed by atoms with Crippen LogP contribution in [0.4, 0.5) is 13.2 Å². The fraction of sp³-hybridized carbons (Fsp3) is 0.333. The molecular weight excluding hydrogens is 349 g/mol. The van der Waals surface area contributed by atoms with Crippen molar-refractivity contribution in [2.75, 3.05) is 0 Å². The Morgan fingerprint density at radius 2 is 1.92 bits per heavy atom. The quantitative estimate of drug-likeness (QED) is 0.662. The van der Waals surface area contributed by atoms with E-state index in [2.05, 4.69) is 16.9 Å². The van der Waals surface area contributed by atoms with E-state index in [4.69, 9.17) is 0 Å². The highest BCUT2D eigenvalue weighted by Gasteiger charge is 2.30. The molecule has 0 aliphatic rings. The van der Waals surface area contributed by atoms with Gasteiger partial charge in [-0.25, -0.2) is 4.98 Å². The molecule has 1 N–H and O–H groups in total. The zero-order valence-corrected chi connectivity index (χ0v) is 14.4. The van der Waals surface area contributed by atoms with Crippen molar-refractivity contribution in [2.45, 2.75) is 38.8 Å². The molecule has 1 aromatic carbocycles. The largest absolute Gasteiger partial charge is 0.506 e. The molecule has 0 spiro atoms. The molecule has 0 unspecified atom stereocenters. The maximum atomic E-state index is 12.8. The van der Waals surface area contributed by atoms with Crippen molar-refractivity contribution in [1.29, 1.82) is 0 Å². The first-order chi connectivity index (χ1) is 11.9. The summed E-state index contributed by atoms with van der Waals surface area (Å²) in [7, 11) is 0. The van der Waals surface area contributed by atoms with Gasteiger partial charge in [-0.05, 0) is 43.2 Å². The van der Waals surface area contributed by atoms with E-state index in [0.29, 0.717) is 27.3 Å². The predicted molar refractivity (Wildman–Crippen MR) is 91.9 cm³/mol. The topological polar surface area (TPSA) is 46.0 Å². The SMILES string of the molecule is CCCCc1ccc(O)c(Cc2nc3cc(C(F)(F)F)ccc3s2)n1. The highest BCUT2D eigenvalue weighted by Crippen LogP contribution is 2.33. The molecule has 0 fully saturated rings. The Labute approximate surface area is 147 Å². The molecule has 3 rings (SSSR count). The van der Waals surface area contributed by atoms with Gasteiger partial charge in [-0.15, -0.1) is 11.3 Å². The minimum Gasteiger partial charge on any atom is -0.506 e. The van der Waals surface area contributed by atoms with Gasteiger partial charge in [-0.2, -0.15) is 13.2 Å². The Hall–Kier alpha value is -2.15. The third-order valence-corrected chi connectivity index (χ3v) is 4.91. The van der Waals surface area contributed by atoms with E-state index in [9.17, 15) is 18.3 Å². The molecule has 7 heteroatoms. The van der Waals surface area contributed by atoms with Crippen molar-refractivity contribution in [1.82, 2.24) is 9.97 Å². The summed E-state index contributed by atoms with van der Waals surface area (Å²) in [6.45, 7) is 2.09. The molecule has 3 aromatic rings. The summed E-state index contributed by atoms with van der Waals surface area (Å²) in [6, 6.07) is 6.96. The molecule has 2 heterocycles. The molecule has 0 amide bonds. The number of nitrogens with zero attached hydrogens (tertiary/aromatic N) is 2. The van der Waals surface area contributed by atoms with Gasteiger partial charge >= 0.3 is 6.18 Å².